The molecule has 0 atom stereocenters. The summed E-state index contributed by atoms with van der Waals surface area (Å²) in [5.41, 5.74) is 6.18. The van der Waals surface area contributed by atoms with E-state index in [2.05, 4.69) is 22.3 Å². The van der Waals surface area contributed by atoms with Crippen LogP contribution in [0.15, 0.2) is 22.4 Å². The molecule has 0 unspecified atom stereocenters. The maximum Gasteiger partial charge on any atom is 0.172 e. The SMILES string of the molecule is CCCCCSc1nnccc1/C(N)=N/O. The van der Waals surface area contributed by atoms with Crippen molar-refractivity contribution in [3.63, 3.8) is 0 Å². The van der Waals surface area contributed by atoms with E-state index in [0.29, 0.717) is 10.6 Å². The number of unbranched alkanes of at least 4 members (excludes halogenated alkanes) is 2. The molecule has 0 fully saturated rings. The predicted molar refractivity (Wildman–Crippen MR) is 64.8 cm³/mol. The van der Waals surface area contributed by atoms with Crippen LogP contribution in [0.4, 0.5) is 0 Å². The van der Waals surface area contributed by atoms with E-state index in [9.17, 15) is 0 Å². The first-order valence-corrected chi connectivity index (χ1v) is 6.20. The van der Waals surface area contributed by atoms with Crippen LogP contribution in [0.5, 0.6) is 0 Å². The smallest absolute Gasteiger partial charge is 0.172 e. The van der Waals surface area contributed by atoms with Crippen LogP contribution < -0.4 is 5.73 Å². The van der Waals surface area contributed by atoms with Crippen molar-refractivity contribution in [2.75, 3.05) is 5.75 Å². The molecule has 0 saturated carbocycles. The Kier molecular flexibility index (Phi) is 5.63. The number of hydrogen-bond donors (Lipinski definition) is 2. The molecule has 16 heavy (non-hydrogen) atoms. The highest BCUT2D eigenvalue weighted by Gasteiger charge is 2.08. The van der Waals surface area contributed by atoms with E-state index in [0.717, 1.165) is 12.2 Å². The number of thioether (sulfide) groups is 1. The summed E-state index contributed by atoms with van der Waals surface area (Å²) in [4.78, 5) is 0. The Hall–Kier alpha value is -1.30. The molecular weight excluding hydrogens is 224 g/mol. The normalized spacial score (nSPS) is 11.7. The molecular formula is C10H16N4OS. The lowest BCUT2D eigenvalue weighted by Crippen LogP contribution is -2.15. The molecule has 1 aromatic heterocycles. The molecule has 88 valence electrons. The fraction of sp³-hybridized carbons (Fsp3) is 0.500. The molecule has 0 amide bonds. The van der Waals surface area contributed by atoms with E-state index in [4.69, 9.17) is 10.9 Å². The lowest BCUT2D eigenvalue weighted by molar-refractivity contribution is 0.318. The molecule has 6 heteroatoms. The second-order valence-electron chi connectivity index (χ2n) is 3.29. The summed E-state index contributed by atoms with van der Waals surface area (Å²) >= 11 is 1.59. The third-order valence-corrected chi connectivity index (χ3v) is 3.12. The molecule has 5 nitrogen and oxygen atoms in total. The predicted octanol–water partition coefficient (Wildman–Crippen LogP) is 1.85. The molecule has 0 radical (unpaired) electrons. The van der Waals surface area contributed by atoms with Gasteiger partial charge in [0.05, 0.1) is 11.8 Å². The largest absolute Gasteiger partial charge is 0.409 e. The number of rotatable bonds is 6. The van der Waals surface area contributed by atoms with Crippen molar-refractivity contribution in [2.45, 2.75) is 31.2 Å². The van der Waals surface area contributed by atoms with Crippen molar-refractivity contribution in [1.82, 2.24) is 10.2 Å². The van der Waals surface area contributed by atoms with Crippen LogP contribution in [0.3, 0.4) is 0 Å². The second-order valence-corrected chi connectivity index (χ2v) is 4.37. The van der Waals surface area contributed by atoms with Gasteiger partial charge < -0.3 is 10.9 Å². The summed E-state index contributed by atoms with van der Waals surface area (Å²) in [7, 11) is 0. The van der Waals surface area contributed by atoms with Crippen molar-refractivity contribution in [3.8, 4) is 0 Å². The highest BCUT2D eigenvalue weighted by molar-refractivity contribution is 7.99. The summed E-state index contributed by atoms with van der Waals surface area (Å²) in [6.07, 6.45) is 5.05. The molecule has 0 saturated heterocycles. The van der Waals surface area contributed by atoms with Crippen LogP contribution in [0.1, 0.15) is 31.7 Å². The van der Waals surface area contributed by atoms with Gasteiger partial charge >= 0.3 is 0 Å². The van der Waals surface area contributed by atoms with Crippen molar-refractivity contribution < 1.29 is 5.21 Å². The quantitative estimate of drug-likeness (QED) is 0.198. The Morgan fingerprint density at radius 1 is 1.56 bits per heavy atom. The van der Waals surface area contributed by atoms with Gasteiger partial charge in [-0.15, -0.1) is 16.9 Å². The zero-order valence-corrected chi connectivity index (χ0v) is 10.1. The van der Waals surface area contributed by atoms with E-state index in [1.807, 2.05) is 0 Å². The third-order valence-electron chi connectivity index (χ3n) is 2.06. The van der Waals surface area contributed by atoms with Gasteiger partial charge in [-0.05, 0) is 18.2 Å². The Morgan fingerprint density at radius 3 is 3.06 bits per heavy atom. The molecule has 0 aliphatic heterocycles. The van der Waals surface area contributed by atoms with Crippen molar-refractivity contribution in [1.29, 1.82) is 0 Å². The molecule has 3 N–H and O–H groups in total. The summed E-state index contributed by atoms with van der Waals surface area (Å²) in [5, 5.41) is 20.1. The number of nitrogens with zero attached hydrogens (tertiary/aromatic N) is 3. The molecule has 0 bridgehead atoms. The van der Waals surface area contributed by atoms with Gasteiger partial charge in [-0.2, -0.15) is 5.10 Å². The van der Waals surface area contributed by atoms with Gasteiger partial charge in [-0.25, -0.2) is 0 Å². The van der Waals surface area contributed by atoms with Gasteiger partial charge in [0.15, 0.2) is 5.84 Å². The minimum absolute atomic E-state index is 0.0768. The second kappa shape index (κ2) is 7.05. The number of aromatic nitrogens is 2. The number of nitrogens with two attached hydrogens (primary N) is 1. The first kappa shape index (κ1) is 12.8. The number of hydrogen-bond acceptors (Lipinski definition) is 5. The Labute approximate surface area is 99.1 Å². The topological polar surface area (TPSA) is 84.4 Å². The van der Waals surface area contributed by atoms with Gasteiger partial charge in [-0.1, -0.05) is 24.9 Å². The van der Waals surface area contributed by atoms with Gasteiger partial charge in [0.25, 0.3) is 0 Å². The molecule has 1 rings (SSSR count). The monoisotopic (exact) mass is 240 g/mol. The van der Waals surface area contributed by atoms with Crippen molar-refractivity contribution in [3.05, 3.63) is 17.8 Å². The molecule has 0 aliphatic rings. The van der Waals surface area contributed by atoms with Crippen LogP contribution in [-0.2, 0) is 0 Å². The van der Waals surface area contributed by atoms with E-state index in [1.165, 1.54) is 19.0 Å². The van der Waals surface area contributed by atoms with Crippen molar-refractivity contribution in [2.24, 2.45) is 10.9 Å². The fourth-order valence-corrected chi connectivity index (χ4v) is 2.17. The summed E-state index contributed by atoms with van der Waals surface area (Å²) in [6.45, 7) is 2.16. The molecule has 0 spiro atoms. The lowest BCUT2D eigenvalue weighted by atomic mass is 10.3. The van der Waals surface area contributed by atoms with Crippen LogP contribution >= 0.6 is 11.8 Å². The van der Waals surface area contributed by atoms with Crippen LogP contribution in [0.2, 0.25) is 0 Å². The molecule has 0 aromatic carbocycles. The highest BCUT2D eigenvalue weighted by Crippen LogP contribution is 2.20. The van der Waals surface area contributed by atoms with E-state index < -0.39 is 0 Å². The summed E-state index contributed by atoms with van der Waals surface area (Å²) in [6, 6.07) is 1.70. The Morgan fingerprint density at radius 2 is 2.38 bits per heavy atom. The van der Waals surface area contributed by atoms with Crippen LogP contribution in [-0.4, -0.2) is 27.0 Å². The van der Waals surface area contributed by atoms with Crippen LogP contribution in [0, 0.1) is 0 Å². The summed E-state index contributed by atoms with van der Waals surface area (Å²) in [5.74, 6) is 1.05. The maximum atomic E-state index is 8.63. The first-order chi connectivity index (χ1) is 7.79. The third kappa shape index (κ3) is 3.69. The lowest BCUT2D eigenvalue weighted by Gasteiger charge is -2.04. The first-order valence-electron chi connectivity index (χ1n) is 5.22. The van der Waals surface area contributed by atoms with E-state index in [-0.39, 0.29) is 5.84 Å². The minimum Gasteiger partial charge on any atom is -0.409 e. The van der Waals surface area contributed by atoms with E-state index >= 15 is 0 Å². The van der Waals surface area contributed by atoms with Gasteiger partial charge in [0.1, 0.15) is 5.03 Å². The van der Waals surface area contributed by atoms with Gasteiger partial charge in [-0.3, -0.25) is 0 Å². The Balaban J connectivity index is 2.64. The molecule has 1 heterocycles. The summed E-state index contributed by atoms with van der Waals surface area (Å²) < 4.78 is 0. The van der Waals surface area contributed by atoms with Gasteiger partial charge in [0, 0.05) is 0 Å². The van der Waals surface area contributed by atoms with E-state index in [1.54, 1.807) is 17.8 Å². The number of amidine groups is 1. The molecule has 1 aromatic rings. The average Bonchev–Trinajstić information content (AvgIpc) is 2.34. The van der Waals surface area contributed by atoms with Gasteiger partial charge in [0.2, 0.25) is 0 Å². The highest BCUT2D eigenvalue weighted by atomic mass is 32.2. The standard InChI is InChI=1S/C10H16N4OS/c1-2-3-4-7-16-10-8(9(11)14-15)5-6-12-13-10/h5-6,15H,2-4,7H2,1H3,(H2,11,14). The molecule has 0 aliphatic carbocycles. The minimum atomic E-state index is 0.0768. The Bertz CT molecular complexity index is 356. The van der Waals surface area contributed by atoms with Crippen molar-refractivity contribution >= 4 is 17.6 Å². The zero-order valence-electron chi connectivity index (χ0n) is 9.26. The number of oxime groups is 1. The zero-order chi connectivity index (χ0) is 11.8. The van der Waals surface area contributed by atoms with Crippen LogP contribution in [0.25, 0.3) is 0 Å². The fourth-order valence-electron chi connectivity index (χ4n) is 1.20. The average molecular weight is 240 g/mol. The maximum absolute atomic E-state index is 8.63.